The van der Waals surface area contributed by atoms with Crippen LogP contribution in [0.5, 0.6) is 0 Å². The monoisotopic (exact) mass is 360 g/mol. The molecule has 1 aliphatic carbocycles. The second-order valence-electron chi connectivity index (χ2n) is 6.86. The van der Waals surface area contributed by atoms with Crippen molar-refractivity contribution in [3.63, 3.8) is 0 Å². The van der Waals surface area contributed by atoms with Gasteiger partial charge < -0.3 is 16.2 Å². The van der Waals surface area contributed by atoms with Gasteiger partial charge in [-0.25, -0.2) is 0 Å². The standard InChI is InChI=1S/C22H20N2O3/c23-21(26)20-18(14-9-5-2-6-10-14)19-16(25)11-15(12-17(19)27-22(20)24)13-7-3-1-4-8-13/h1-10,15,18H,11-12,24H2,(H2,23,26). The molecule has 4 rings (SSSR count). The first-order chi connectivity index (χ1) is 13.1. The number of amides is 1. The zero-order chi connectivity index (χ0) is 19.0. The van der Waals surface area contributed by atoms with E-state index in [0.717, 1.165) is 11.1 Å². The molecule has 4 N–H and O–H groups in total. The molecule has 27 heavy (non-hydrogen) atoms. The molecule has 0 spiro atoms. The Morgan fingerprint density at radius 2 is 1.52 bits per heavy atom. The van der Waals surface area contributed by atoms with Crippen LogP contribution in [0.1, 0.15) is 35.8 Å². The van der Waals surface area contributed by atoms with E-state index >= 15 is 0 Å². The van der Waals surface area contributed by atoms with Crippen molar-refractivity contribution in [2.24, 2.45) is 11.5 Å². The van der Waals surface area contributed by atoms with E-state index in [1.165, 1.54) is 0 Å². The third-order valence-corrected chi connectivity index (χ3v) is 5.21. The fourth-order valence-electron chi connectivity index (χ4n) is 3.99. The summed E-state index contributed by atoms with van der Waals surface area (Å²) in [5, 5.41) is 0. The van der Waals surface area contributed by atoms with E-state index in [-0.39, 0.29) is 23.2 Å². The fraction of sp³-hybridized carbons (Fsp3) is 0.182. The predicted octanol–water partition coefficient (Wildman–Crippen LogP) is 2.86. The number of allylic oxidation sites excluding steroid dienone is 2. The first-order valence-corrected chi connectivity index (χ1v) is 8.89. The number of carbonyl (C=O) groups excluding carboxylic acids is 2. The highest BCUT2D eigenvalue weighted by molar-refractivity contribution is 6.04. The number of hydrogen-bond acceptors (Lipinski definition) is 4. The molecule has 5 nitrogen and oxygen atoms in total. The smallest absolute Gasteiger partial charge is 0.250 e. The minimum atomic E-state index is -0.675. The van der Waals surface area contributed by atoms with Crippen LogP contribution in [0.3, 0.4) is 0 Å². The number of carbonyl (C=O) groups is 2. The van der Waals surface area contributed by atoms with Crippen molar-refractivity contribution >= 4 is 11.7 Å². The first-order valence-electron chi connectivity index (χ1n) is 8.89. The van der Waals surface area contributed by atoms with Crippen molar-refractivity contribution in [3.8, 4) is 0 Å². The summed E-state index contributed by atoms with van der Waals surface area (Å²) >= 11 is 0. The molecular weight excluding hydrogens is 340 g/mol. The first kappa shape index (κ1) is 17.1. The van der Waals surface area contributed by atoms with Crippen LogP contribution in [-0.4, -0.2) is 11.7 Å². The molecule has 0 saturated carbocycles. The average molecular weight is 360 g/mol. The summed E-state index contributed by atoms with van der Waals surface area (Å²) in [7, 11) is 0. The maximum Gasteiger partial charge on any atom is 0.250 e. The quantitative estimate of drug-likeness (QED) is 0.880. The van der Waals surface area contributed by atoms with Gasteiger partial charge in [0.15, 0.2) is 11.7 Å². The Labute approximate surface area is 157 Å². The van der Waals surface area contributed by atoms with Crippen molar-refractivity contribution in [1.82, 2.24) is 0 Å². The van der Waals surface area contributed by atoms with E-state index in [1.807, 2.05) is 60.7 Å². The number of primary amides is 1. The Morgan fingerprint density at radius 3 is 2.11 bits per heavy atom. The van der Waals surface area contributed by atoms with Crippen LogP contribution in [0.4, 0.5) is 0 Å². The molecular formula is C22H20N2O3. The summed E-state index contributed by atoms with van der Waals surface area (Å²) in [6.45, 7) is 0. The van der Waals surface area contributed by atoms with Crippen LogP contribution < -0.4 is 11.5 Å². The number of hydrogen-bond donors (Lipinski definition) is 2. The highest BCUT2D eigenvalue weighted by atomic mass is 16.5. The zero-order valence-corrected chi connectivity index (χ0v) is 14.7. The van der Waals surface area contributed by atoms with E-state index in [1.54, 1.807) is 0 Å². The largest absolute Gasteiger partial charge is 0.445 e. The molecule has 1 amide bonds. The summed E-state index contributed by atoms with van der Waals surface area (Å²) in [5.74, 6) is -0.752. The summed E-state index contributed by atoms with van der Waals surface area (Å²) in [6, 6.07) is 19.2. The molecule has 0 aromatic heterocycles. The third-order valence-electron chi connectivity index (χ3n) is 5.21. The van der Waals surface area contributed by atoms with Crippen molar-refractivity contribution in [2.75, 3.05) is 0 Å². The van der Waals surface area contributed by atoms with Gasteiger partial charge in [-0.15, -0.1) is 0 Å². The SMILES string of the molecule is NC(=O)C1=C(N)OC2=C(C(=O)CC(c3ccccc3)C2)C1c1ccccc1. The molecule has 0 bridgehead atoms. The molecule has 0 saturated heterocycles. The van der Waals surface area contributed by atoms with Gasteiger partial charge in [-0.3, -0.25) is 9.59 Å². The second kappa shape index (κ2) is 6.76. The van der Waals surface area contributed by atoms with Crippen molar-refractivity contribution in [3.05, 3.63) is 94.6 Å². The van der Waals surface area contributed by atoms with Crippen molar-refractivity contribution < 1.29 is 14.3 Å². The lowest BCUT2D eigenvalue weighted by Crippen LogP contribution is -2.34. The summed E-state index contributed by atoms with van der Waals surface area (Å²) < 4.78 is 5.75. The maximum atomic E-state index is 13.1. The molecule has 5 heteroatoms. The third kappa shape index (κ3) is 3.01. The molecule has 2 aromatic carbocycles. The molecule has 1 heterocycles. The van der Waals surface area contributed by atoms with Crippen LogP contribution in [-0.2, 0) is 14.3 Å². The lowest BCUT2D eigenvalue weighted by Gasteiger charge is -2.35. The van der Waals surface area contributed by atoms with Crippen LogP contribution in [0.15, 0.2) is 83.5 Å². The van der Waals surface area contributed by atoms with E-state index < -0.39 is 11.8 Å². The predicted molar refractivity (Wildman–Crippen MR) is 101 cm³/mol. The van der Waals surface area contributed by atoms with Crippen LogP contribution in [0.25, 0.3) is 0 Å². The molecule has 0 radical (unpaired) electrons. The van der Waals surface area contributed by atoms with E-state index in [4.69, 9.17) is 16.2 Å². The van der Waals surface area contributed by atoms with Gasteiger partial charge in [0.05, 0.1) is 11.5 Å². The average Bonchev–Trinajstić information content (AvgIpc) is 2.67. The van der Waals surface area contributed by atoms with Gasteiger partial charge in [0.1, 0.15) is 5.76 Å². The molecule has 136 valence electrons. The maximum absolute atomic E-state index is 13.1. The van der Waals surface area contributed by atoms with Crippen LogP contribution in [0, 0.1) is 0 Å². The summed E-state index contributed by atoms with van der Waals surface area (Å²) in [4.78, 5) is 25.2. The van der Waals surface area contributed by atoms with Gasteiger partial charge in [-0.2, -0.15) is 0 Å². The topological polar surface area (TPSA) is 95.4 Å². The molecule has 0 fully saturated rings. The number of ether oxygens (including phenoxy) is 1. The molecule has 2 atom stereocenters. The molecule has 1 aliphatic heterocycles. The van der Waals surface area contributed by atoms with Crippen molar-refractivity contribution in [1.29, 1.82) is 0 Å². The number of rotatable bonds is 3. The number of Topliss-reactive ketones (excluding diaryl/α,β-unsaturated/α-hetero) is 1. The Kier molecular flexibility index (Phi) is 4.28. The minimum Gasteiger partial charge on any atom is -0.445 e. The fourth-order valence-corrected chi connectivity index (χ4v) is 3.99. The molecule has 2 aromatic rings. The normalized spacial score (nSPS) is 22.3. The number of ketones is 1. The van der Waals surface area contributed by atoms with Gasteiger partial charge in [-0.1, -0.05) is 60.7 Å². The Morgan fingerprint density at radius 1 is 0.926 bits per heavy atom. The van der Waals surface area contributed by atoms with Gasteiger partial charge in [0, 0.05) is 18.4 Å². The zero-order valence-electron chi connectivity index (χ0n) is 14.7. The Bertz CT molecular complexity index is 962. The summed E-state index contributed by atoms with van der Waals surface area (Å²) in [5.41, 5.74) is 14.2. The van der Waals surface area contributed by atoms with Gasteiger partial charge in [-0.05, 0) is 17.0 Å². The van der Waals surface area contributed by atoms with Crippen LogP contribution in [0.2, 0.25) is 0 Å². The Balaban J connectivity index is 1.81. The highest BCUT2D eigenvalue weighted by Gasteiger charge is 2.42. The highest BCUT2D eigenvalue weighted by Crippen LogP contribution is 2.46. The molecule has 2 unspecified atom stereocenters. The second-order valence-corrected chi connectivity index (χ2v) is 6.86. The Hall–Kier alpha value is -3.34. The number of nitrogens with two attached hydrogens (primary N) is 2. The van der Waals surface area contributed by atoms with E-state index in [9.17, 15) is 9.59 Å². The minimum absolute atomic E-state index is 0.0170. The van der Waals surface area contributed by atoms with Crippen LogP contribution >= 0.6 is 0 Å². The summed E-state index contributed by atoms with van der Waals surface area (Å²) in [6.07, 6.45) is 0.919. The van der Waals surface area contributed by atoms with E-state index in [2.05, 4.69) is 0 Å². The number of benzene rings is 2. The lowest BCUT2D eigenvalue weighted by atomic mass is 9.73. The molecule has 2 aliphatic rings. The van der Waals surface area contributed by atoms with Gasteiger partial charge >= 0.3 is 0 Å². The van der Waals surface area contributed by atoms with Gasteiger partial charge in [0.25, 0.3) is 5.91 Å². The van der Waals surface area contributed by atoms with Crippen molar-refractivity contribution in [2.45, 2.75) is 24.7 Å². The van der Waals surface area contributed by atoms with E-state index in [0.29, 0.717) is 24.2 Å². The lowest BCUT2D eigenvalue weighted by molar-refractivity contribution is -0.117. The van der Waals surface area contributed by atoms with Gasteiger partial charge in [0.2, 0.25) is 0 Å².